The molecule has 4 rings (SSSR count). The molecule has 4 nitrogen and oxygen atoms in total. The van der Waals surface area contributed by atoms with Gasteiger partial charge in [-0.3, -0.25) is 9.59 Å². The number of para-hydroxylation sites is 1. The van der Waals surface area contributed by atoms with E-state index in [0.717, 1.165) is 5.56 Å². The first-order valence-corrected chi connectivity index (χ1v) is 10.4. The number of ether oxygens (including phenoxy) is 1. The molecular weight excluding hydrogens is 412 g/mol. The van der Waals surface area contributed by atoms with E-state index in [1.807, 2.05) is 12.1 Å². The largest absolute Gasteiger partial charge is 0.478 e. The lowest BCUT2D eigenvalue weighted by atomic mass is 10.0. The number of fused-ring (bicyclic) bond motifs is 1. The van der Waals surface area contributed by atoms with E-state index in [1.54, 1.807) is 60.7 Å². The number of carbonyl (C=O) groups is 1. The van der Waals surface area contributed by atoms with Gasteiger partial charge in [0.2, 0.25) is 11.2 Å². The number of Topliss-reactive ketones (excluding diaryl/α,β-unsaturated/α-hetero) is 1. The van der Waals surface area contributed by atoms with Crippen LogP contribution in [-0.4, -0.2) is 12.4 Å². The zero-order valence-electron chi connectivity index (χ0n) is 17.2. The normalized spacial score (nSPS) is 11.1. The first-order valence-electron chi connectivity index (χ1n) is 10.0. The van der Waals surface area contributed by atoms with Crippen LogP contribution in [0.3, 0.4) is 0 Å². The highest BCUT2D eigenvalue weighted by atomic mass is 35.5. The van der Waals surface area contributed by atoms with Crippen molar-refractivity contribution < 1.29 is 13.9 Å². The van der Waals surface area contributed by atoms with Gasteiger partial charge in [0.25, 0.3) is 0 Å². The first kappa shape index (κ1) is 20.9. The molecule has 0 amide bonds. The Morgan fingerprint density at radius 1 is 0.968 bits per heavy atom. The van der Waals surface area contributed by atoms with Crippen molar-refractivity contribution in [2.24, 2.45) is 0 Å². The van der Waals surface area contributed by atoms with Crippen LogP contribution in [0.1, 0.15) is 35.7 Å². The van der Waals surface area contributed by atoms with Gasteiger partial charge < -0.3 is 9.15 Å². The van der Waals surface area contributed by atoms with Gasteiger partial charge >= 0.3 is 0 Å². The van der Waals surface area contributed by atoms with Crippen molar-refractivity contribution in [1.29, 1.82) is 0 Å². The molecule has 3 aromatic carbocycles. The number of halogens is 1. The maximum Gasteiger partial charge on any atom is 0.235 e. The van der Waals surface area contributed by atoms with E-state index in [2.05, 4.69) is 13.8 Å². The number of rotatable bonds is 6. The SMILES string of the molecule is CC(C)c1ccc(C(=O)COc2c(-c3ccc(Cl)cc3)oc3ccccc3c2=O)cc1. The predicted molar refractivity (Wildman–Crippen MR) is 123 cm³/mol. The van der Waals surface area contributed by atoms with Crippen molar-refractivity contribution in [3.8, 4) is 17.1 Å². The average molecular weight is 433 g/mol. The van der Waals surface area contributed by atoms with Gasteiger partial charge in [0.15, 0.2) is 18.2 Å². The summed E-state index contributed by atoms with van der Waals surface area (Å²) < 4.78 is 11.8. The Bertz CT molecular complexity index is 1290. The summed E-state index contributed by atoms with van der Waals surface area (Å²) in [6.45, 7) is 3.92. The van der Waals surface area contributed by atoms with Crippen LogP contribution in [0.2, 0.25) is 5.02 Å². The molecule has 0 saturated carbocycles. The topological polar surface area (TPSA) is 56.5 Å². The van der Waals surface area contributed by atoms with Crippen molar-refractivity contribution in [1.82, 2.24) is 0 Å². The maximum absolute atomic E-state index is 13.1. The van der Waals surface area contributed by atoms with E-state index in [9.17, 15) is 9.59 Å². The van der Waals surface area contributed by atoms with E-state index in [-0.39, 0.29) is 29.3 Å². The summed E-state index contributed by atoms with van der Waals surface area (Å²) in [5.74, 6) is 0.436. The molecule has 0 fully saturated rings. The Hall–Kier alpha value is -3.37. The minimum absolute atomic E-state index is 0.00757. The lowest BCUT2D eigenvalue weighted by molar-refractivity contribution is 0.0920. The molecule has 0 saturated heterocycles. The summed E-state index contributed by atoms with van der Waals surface area (Å²) in [5.41, 5.74) is 2.44. The number of benzene rings is 3. The fourth-order valence-corrected chi connectivity index (χ4v) is 3.45. The molecule has 0 aliphatic heterocycles. The lowest BCUT2D eigenvalue weighted by Gasteiger charge is -2.12. The Labute approximate surface area is 185 Å². The van der Waals surface area contributed by atoms with Gasteiger partial charge in [-0.1, -0.05) is 61.8 Å². The number of ketones is 1. The highest BCUT2D eigenvalue weighted by Gasteiger charge is 2.19. The Kier molecular flexibility index (Phi) is 5.92. The van der Waals surface area contributed by atoms with Crippen LogP contribution in [0.4, 0.5) is 0 Å². The molecule has 1 aromatic heterocycles. The third-order valence-corrected chi connectivity index (χ3v) is 5.36. The number of hydrogen-bond acceptors (Lipinski definition) is 4. The van der Waals surface area contributed by atoms with E-state index in [4.69, 9.17) is 20.8 Å². The van der Waals surface area contributed by atoms with Crippen LogP contribution >= 0.6 is 11.6 Å². The van der Waals surface area contributed by atoms with Gasteiger partial charge in [-0.25, -0.2) is 0 Å². The summed E-state index contributed by atoms with van der Waals surface area (Å²) in [5, 5.41) is 0.957. The van der Waals surface area contributed by atoms with Crippen molar-refractivity contribution in [3.05, 3.63) is 99.2 Å². The minimum Gasteiger partial charge on any atom is -0.478 e. The maximum atomic E-state index is 13.1. The molecule has 0 radical (unpaired) electrons. The van der Waals surface area contributed by atoms with Gasteiger partial charge in [-0.05, 0) is 47.9 Å². The van der Waals surface area contributed by atoms with E-state index in [1.165, 1.54) is 0 Å². The second kappa shape index (κ2) is 8.78. The quantitative estimate of drug-likeness (QED) is 0.326. The Morgan fingerprint density at radius 2 is 1.65 bits per heavy atom. The lowest BCUT2D eigenvalue weighted by Crippen LogP contribution is -2.17. The second-order valence-electron chi connectivity index (χ2n) is 7.58. The number of carbonyl (C=O) groups excluding carboxylic acids is 1. The second-order valence-corrected chi connectivity index (χ2v) is 8.02. The van der Waals surface area contributed by atoms with E-state index >= 15 is 0 Å². The van der Waals surface area contributed by atoms with Crippen LogP contribution in [-0.2, 0) is 0 Å². The predicted octanol–water partition coefficient (Wildman–Crippen LogP) is 6.50. The summed E-state index contributed by atoms with van der Waals surface area (Å²) >= 11 is 6.00. The highest BCUT2D eigenvalue weighted by Crippen LogP contribution is 2.31. The minimum atomic E-state index is -0.324. The standard InChI is InChI=1S/C26H21ClO4/c1-16(2)17-7-9-18(10-8-17)22(28)15-30-26-24(29)21-5-3-4-6-23(21)31-25(26)19-11-13-20(27)14-12-19/h3-14,16H,15H2,1-2H3. The number of hydrogen-bond donors (Lipinski definition) is 0. The third-order valence-electron chi connectivity index (χ3n) is 5.11. The van der Waals surface area contributed by atoms with E-state index in [0.29, 0.717) is 33.0 Å². The molecule has 0 aliphatic rings. The van der Waals surface area contributed by atoms with Crippen molar-refractivity contribution in [2.75, 3.05) is 6.61 Å². The molecule has 31 heavy (non-hydrogen) atoms. The van der Waals surface area contributed by atoms with Crippen molar-refractivity contribution in [2.45, 2.75) is 19.8 Å². The summed E-state index contributed by atoms with van der Waals surface area (Å²) in [6, 6.07) is 21.3. The van der Waals surface area contributed by atoms with Gasteiger partial charge in [0.1, 0.15) is 5.58 Å². The highest BCUT2D eigenvalue weighted by molar-refractivity contribution is 6.30. The zero-order valence-corrected chi connectivity index (χ0v) is 18.0. The fourth-order valence-electron chi connectivity index (χ4n) is 3.32. The third kappa shape index (κ3) is 4.39. The van der Waals surface area contributed by atoms with Gasteiger partial charge in [0.05, 0.1) is 5.39 Å². The van der Waals surface area contributed by atoms with Gasteiger partial charge in [-0.2, -0.15) is 0 Å². The molecule has 0 bridgehead atoms. The summed E-state index contributed by atoms with van der Waals surface area (Å²) in [7, 11) is 0. The van der Waals surface area contributed by atoms with Crippen LogP contribution < -0.4 is 10.2 Å². The molecular formula is C26H21ClO4. The van der Waals surface area contributed by atoms with Crippen molar-refractivity contribution in [3.63, 3.8) is 0 Å². The van der Waals surface area contributed by atoms with Gasteiger partial charge in [-0.15, -0.1) is 0 Å². The smallest absolute Gasteiger partial charge is 0.235 e. The Balaban J connectivity index is 1.69. The molecule has 4 aromatic rings. The zero-order chi connectivity index (χ0) is 22.0. The monoisotopic (exact) mass is 432 g/mol. The molecule has 0 spiro atoms. The first-order chi connectivity index (χ1) is 14.9. The molecule has 0 N–H and O–H groups in total. The molecule has 156 valence electrons. The molecule has 0 aliphatic carbocycles. The molecule has 0 unspecified atom stereocenters. The molecule has 1 heterocycles. The van der Waals surface area contributed by atoms with Crippen molar-refractivity contribution >= 4 is 28.4 Å². The fraction of sp³-hybridized carbons (Fsp3) is 0.154. The Morgan fingerprint density at radius 3 is 2.32 bits per heavy atom. The van der Waals surface area contributed by atoms with Crippen LogP contribution in [0, 0.1) is 0 Å². The van der Waals surface area contributed by atoms with E-state index < -0.39 is 0 Å². The average Bonchev–Trinajstić information content (AvgIpc) is 2.79. The molecule has 5 heteroatoms. The van der Waals surface area contributed by atoms with Crippen LogP contribution in [0.15, 0.2) is 82.0 Å². The van der Waals surface area contributed by atoms with Crippen LogP contribution in [0.25, 0.3) is 22.3 Å². The summed E-state index contributed by atoms with van der Waals surface area (Å²) in [6.07, 6.45) is 0. The van der Waals surface area contributed by atoms with Gasteiger partial charge in [0, 0.05) is 16.1 Å². The van der Waals surface area contributed by atoms with Crippen LogP contribution in [0.5, 0.6) is 5.75 Å². The molecule has 0 atom stereocenters. The summed E-state index contributed by atoms with van der Waals surface area (Å²) in [4.78, 5) is 25.8.